The SMILES string of the molecule is CC(C)(C)OC(=O)CCC(=O)N1CCc2cc(-c3noc(-c4ccc(-c5cccs5)c(C(F)(F)F)c4)n3)ccc21. The maximum Gasteiger partial charge on any atom is 0.417 e. The topological polar surface area (TPSA) is 85.5 Å². The second-order valence-electron chi connectivity index (χ2n) is 10.4. The molecule has 0 unspecified atom stereocenters. The number of halogens is 3. The molecule has 0 aliphatic carbocycles. The molecule has 11 heteroatoms. The molecule has 0 atom stereocenters. The Morgan fingerprint density at radius 1 is 1.05 bits per heavy atom. The van der Waals surface area contributed by atoms with Crippen molar-refractivity contribution < 1.29 is 32.0 Å². The highest BCUT2D eigenvalue weighted by molar-refractivity contribution is 7.13. The van der Waals surface area contributed by atoms with Crippen molar-refractivity contribution in [2.24, 2.45) is 0 Å². The zero-order valence-electron chi connectivity index (χ0n) is 22.0. The summed E-state index contributed by atoms with van der Waals surface area (Å²) >= 11 is 1.23. The summed E-state index contributed by atoms with van der Waals surface area (Å²) < 4.78 is 52.2. The van der Waals surface area contributed by atoms with Crippen molar-refractivity contribution in [3.8, 4) is 33.3 Å². The minimum absolute atomic E-state index is 0.00395. The Kier molecular flexibility index (Phi) is 7.26. The minimum atomic E-state index is -4.56. The molecule has 1 aliphatic rings. The predicted octanol–water partition coefficient (Wildman–Crippen LogP) is 7.16. The molecule has 7 nitrogen and oxygen atoms in total. The Balaban J connectivity index is 1.33. The van der Waals surface area contributed by atoms with Crippen LogP contribution >= 0.6 is 11.3 Å². The van der Waals surface area contributed by atoms with E-state index < -0.39 is 23.3 Å². The smallest absolute Gasteiger partial charge is 0.417 e. The molecule has 0 saturated heterocycles. The molecule has 0 saturated carbocycles. The summed E-state index contributed by atoms with van der Waals surface area (Å²) in [6.07, 6.45) is -3.93. The van der Waals surface area contributed by atoms with Crippen molar-refractivity contribution in [1.29, 1.82) is 0 Å². The van der Waals surface area contributed by atoms with E-state index in [0.29, 0.717) is 23.4 Å². The van der Waals surface area contributed by atoms with Gasteiger partial charge < -0.3 is 14.2 Å². The maximum atomic E-state index is 13.9. The van der Waals surface area contributed by atoms with Gasteiger partial charge in [0.2, 0.25) is 11.7 Å². The maximum absolute atomic E-state index is 13.9. The zero-order chi connectivity index (χ0) is 28.7. The van der Waals surface area contributed by atoms with Gasteiger partial charge in [0.05, 0.1) is 12.0 Å². The molecule has 3 heterocycles. The number of benzene rings is 2. The summed E-state index contributed by atoms with van der Waals surface area (Å²) in [7, 11) is 0. The third-order valence-electron chi connectivity index (χ3n) is 6.28. The third kappa shape index (κ3) is 5.94. The van der Waals surface area contributed by atoms with E-state index in [9.17, 15) is 22.8 Å². The highest BCUT2D eigenvalue weighted by atomic mass is 32.1. The number of rotatable bonds is 6. The van der Waals surface area contributed by atoms with E-state index in [1.54, 1.807) is 55.3 Å². The summed E-state index contributed by atoms with van der Waals surface area (Å²) in [4.78, 5) is 31.3. The Morgan fingerprint density at radius 3 is 2.52 bits per heavy atom. The molecule has 2 aromatic heterocycles. The number of thiophene rings is 1. The molecule has 2 aromatic carbocycles. The minimum Gasteiger partial charge on any atom is -0.460 e. The van der Waals surface area contributed by atoms with Crippen molar-refractivity contribution >= 4 is 28.9 Å². The fraction of sp³-hybridized carbons (Fsp3) is 0.310. The van der Waals surface area contributed by atoms with Crippen molar-refractivity contribution in [2.45, 2.75) is 51.8 Å². The number of aromatic nitrogens is 2. The van der Waals surface area contributed by atoms with Gasteiger partial charge in [-0.2, -0.15) is 18.2 Å². The number of anilines is 1. The van der Waals surface area contributed by atoms with E-state index in [1.807, 2.05) is 6.07 Å². The van der Waals surface area contributed by atoms with Gasteiger partial charge in [0.1, 0.15) is 5.60 Å². The molecule has 0 bridgehead atoms. The van der Waals surface area contributed by atoms with Crippen LogP contribution in [0, 0.1) is 0 Å². The van der Waals surface area contributed by atoms with Crippen molar-refractivity contribution in [3.05, 3.63) is 65.0 Å². The van der Waals surface area contributed by atoms with E-state index in [2.05, 4.69) is 10.1 Å². The standard InChI is InChI=1S/C29H26F3N3O4S/c1-28(2,3)38-25(37)11-10-24(36)35-13-12-17-15-18(7-9-22(17)35)26-33-27(39-34-26)19-6-8-20(23-5-4-14-40-23)21(16-19)29(30,31)32/h4-9,14-16H,10-13H2,1-3H3. The number of amides is 1. The molecule has 0 radical (unpaired) electrons. The van der Waals surface area contributed by atoms with Crippen molar-refractivity contribution in [2.75, 3.05) is 11.4 Å². The number of esters is 1. The van der Waals surface area contributed by atoms with Crippen LogP contribution < -0.4 is 4.90 Å². The molecule has 0 fully saturated rings. The number of carbonyl (C=O) groups excluding carboxylic acids is 2. The Labute approximate surface area is 232 Å². The first-order valence-electron chi connectivity index (χ1n) is 12.6. The van der Waals surface area contributed by atoms with E-state index in [4.69, 9.17) is 9.26 Å². The molecular weight excluding hydrogens is 543 g/mol. The predicted molar refractivity (Wildman–Crippen MR) is 145 cm³/mol. The molecule has 208 valence electrons. The van der Waals surface area contributed by atoms with Crippen LogP contribution in [0.1, 0.15) is 44.7 Å². The van der Waals surface area contributed by atoms with E-state index in [0.717, 1.165) is 17.3 Å². The summed E-state index contributed by atoms with van der Waals surface area (Å²) in [5.74, 6) is -0.404. The fourth-order valence-electron chi connectivity index (χ4n) is 4.55. The molecule has 1 amide bonds. The van der Waals surface area contributed by atoms with Crippen LogP contribution in [0.3, 0.4) is 0 Å². The first-order chi connectivity index (χ1) is 18.9. The van der Waals surface area contributed by atoms with Crippen molar-refractivity contribution in [1.82, 2.24) is 10.1 Å². The van der Waals surface area contributed by atoms with Gasteiger partial charge in [-0.3, -0.25) is 9.59 Å². The lowest BCUT2D eigenvalue weighted by atomic mass is 10.0. The van der Waals surface area contributed by atoms with E-state index in [1.165, 1.54) is 23.5 Å². The lowest BCUT2D eigenvalue weighted by Crippen LogP contribution is -2.30. The lowest BCUT2D eigenvalue weighted by molar-refractivity contribution is -0.155. The largest absolute Gasteiger partial charge is 0.460 e. The average molecular weight is 570 g/mol. The summed E-state index contributed by atoms with van der Waals surface area (Å²) in [5.41, 5.74) is 1.11. The van der Waals surface area contributed by atoms with Crippen LogP contribution in [0.2, 0.25) is 0 Å². The van der Waals surface area contributed by atoms with Crippen LogP contribution in [-0.4, -0.2) is 34.2 Å². The van der Waals surface area contributed by atoms with E-state index >= 15 is 0 Å². The first kappa shape index (κ1) is 27.6. The van der Waals surface area contributed by atoms with Gasteiger partial charge in [0.25, 0.3) is 5.89 Å². The summed E-state index contributed by atoms with van der Waals surface area (Å²) in [6, 6.07) is 12.7. The van der Waals surface area contributed by atoms with Crippen molar-refractivity contribution in [3.63, 3.8) is 0 Å². The molecule has 40 heavy (non-hydrogen) atoms. The third-order valence-corrected chi connectivity index (χ3v) is 7.19. The number of ether oxygens (including phenoxy) is 1. The molecule has 0 spiro atoms. The number of nitrogens with zero attached hydrogens (tertiary/aromatic N) is 3. The number of alkyl halides is 3. The monoisotopic (exact) mass is 569 g/mol. The Bertz CT molecular complexity index is 1560. The number of hydrogen-bond donors (Lipinski definition) is 0. The normalized spacial score (nSPS) is 13.4. The Hall–Kier alpha value is -3.99. The summed E-state index contributed by atoms with van der Waals surface area (Å²) in [6.45, 7) is 5.79. The average Bonchev–Trinajstić information content (AvgIpc) is 3.66. The second kappa shape index (κ2) is 10.5. The van der Waals surface area contributed by atoms with Crippen LogP contribution in [0.25, 0.3) is 33.3 Å². The fourth-order valence-corrected chi connectivity index (χ4v) is 5.32. The molecule has 0 N–H and O–H groups in total. The van der Waals surface area contributed by atoms with E-state index in [-0.39, 0.29) is 41.6 Å². The molecule has 4 aromatic rings. The zero-order valence-corrected chi connectivity index (χ0v) is 22.9. The summed E-state index contributed by atoms with van der Waals surface area (Å²) in [5, 5.41) is 5.71. The van der Waals surface area contributed by atoms with Crippen LogP contribution in [0.4, 0.5) is 18.9 Å². The van der Waals surface area contributed by atoms with Gasteiger partial charge in [-0.25, -0.2) is 0 Å². The number of hydrogen-bond acceptors (Lipinski definition) is 7. The van der Waals surface area contributed by atoms with Gasteiger partial charge in [0.15, 0.2) is 0 Å². The van der Waals surface area contributed by atoms with Gasteiger partial charge in [-0.05, 0) is 74.5 Å². The van der Waals surface area contributed by atoms with Crippen LogP contribution in [0.5, 0.6) is 0 Å². The van der Waals surface area contributed by atoms with Gasteiger partial charge in [0, 0.05) is 40.2 Å². The van der Waals surface area contributed by atoms with Gasteiger partial charge in [-0.1, -0.05) is 17.3 Å². The molecule has 5 rings (SSSR count). The van der Waals surface area contributed by atoms with Gasteiger partial charge in [-0.15, -0.1) is 11.3 Å². The van der Waals surface area contributed by atoms with Gasteiger partial charge >= 0.3 is 12.1 Å². The second-order valence-corrected chi connectivity index (χ2v) is 11.3. The highest BCUT2D eigenvalue weighted by Gasteiger charge is 2.35. The quantitative estimate of drug-likeness (QED) is 0.229. The molecular formula is C29H26F3N3O4S. The molecule has 1 aliphatic heterocycles. The number of carbonyl (C=O) groups is 2. The van der Waals surface area contributed by atoms with Crippen LogP contribution in [0.15, 0.2) is 58.4 Å². The Morgan fingerprint density at radius 2 is 1.82 bits per heavy atom. The first-order valence-corrected chi connectivity index (χ1v) is 13.5. The number of fused-ring (bicyclic) bond motifs is 1. The highest BCUT2D eigenvalue weighted by Crippen LogP contribution is 2.41. The van der Waals surface area contributed by atoms with Crippen LogP contribution in [-0.2, 0) is 26.9 Å². The lowest BCUT2D eigenvalue weighted by Gasteiger charge is -2.20.